The molecule has 0 fully saturated rings. The largest absolute Gasteiger partial charge is 0.289 e. The highest BCUT2D eigenvalue weighted by molar-refractivity contribution is 7.15. The first-order valence-electron chi connectivity index (χ1n) is 6.03. The molecule has 3 aromatic rings. The molecule has 3 rings (SSSR count). The molecule has 2 heterocycles. The number of ketones is 1. The van der Waals surface area contributed by atoms with Crippen LogP contribution in [0.25, 0.3) is 11.0 Å². The van der Waals surface area contributed by atoms with Crippen molar-refractivity contribution >= 4 is 39.8 Å². The summed E-state index contributed by atoms with van der Waals surface area (Å²) < 4.78 is 1.75. The van der Waals surface area contributed by atoms with Gasteiger partial charge in [0.1, 0.15) is 11.6 Å². The van der Waals surface area contributed by atoms with E-state index in [2.05, 4.69) is 4.98 Å². The number of nitrogens with zero attached hydrogens (tertiary/aromatic N) is 3. The first kappa shape index (κ1) is 13.6. The summed E-state index contributed by atoms with van der Waals surface area (Å²) in [5.74, 6) is -0.334. The Morgan fingerprint density at radius 2 is 2.14 bits per heavy atom. The summed E-state index contributed by atoms with van der Waals surface area (Å²) in [6, 6.07) is 10.6. The zero-order valence-electron chi connectivity index (χ0n) is 10.7. The van der Waals surface area contributed by atoms with Crippen LogP contribution in [-0.4, -0.2) is 15.2 Å². The fraction of sp³-hybridized carbons (Fsp3) is 0. The first-order chi connectivity index (χ1) is 10.2. The highest BCUT2D eigenvalue weighted by Crippen LogP contribution is 2.24. The Balaban J connectivity index is 2.08. The Kier molecular flexibility index (Phi) is 3.57. The molecule has 0 spiro atoms. The molecule has 0 aliphatic heterocycles. The zero-order valence-corrected chi connectivity index (χ0v) is 12.2. The Bertz CT molecular complexity index is 887. The predicted octanol–water partition coefficient (Wildman–Crippen LogP) is 3.84. The third-order valence-electron chi connectivity index (χ3n) is 2.94. The van der Waals surface area contributed by atoms with Crippen LogP contribution in [0.2, 0.25) is 5.15 Å². The van der Waals surface area contributed by atoms with Crippen LogP contribution in [0.4, 0.5) is 0 Å². The van der Waals surface area contributed by atoms with Crippen molar-refractivity contribution in [2.45, 2.75) is 0 Å². The number of thiazole rings is 1. The number of rotatable bonds is 3. The number of halogens is 1. The fourth-order valence-electron chi connectivity index (χ4n) is 1.94. The van der Waals surface area contributed by atoms with Crippen molar-refractivity contribution in [2.75, 3.05) is 0 Å². The maximum atomic E-state index is 12.3. The Morgan fingerprint density at radius 1 is 1.38 bits per heavy atom. The summed E-state index contributed by atoms with van der Waals surface area (Å²) in [6.07, 6.45) is 3.27. The molecule has 21 heavy (non-hydrogen) atoms. The lowest BCUT2D eigenvalue weighted by molar-refractivity contribution is 0.104. The quantitative estimate of drug-likeness (QED) is 0.419. The van der Waals surface area contributed by atoms with Gasteiger partial charge in [-0.05, 0) is 6.08 Å². The molecule has 0 saturated carbocycles. The van der Waals surface area contributed by atoms with Gasteiger partial charge < -0.3 is 0 Å². The van der Waals surface area contributed by atoms with E-state index < -0.39 is 0 Å². The van der Waals surface area contributed by atoms with Crippen molar-refractivity contribution in [3.63, 3.8) is 0 Å². The van der Waals surface area contributed by atoms with Crippen molar-refractivity contribution in [2.24, 2.45) is 0 Å². The summed E-state index contributed by atoms with van der Waals surface area (Å²) in [4.78, 5) is 17.2. The van der Waals surface area contributed by atoms with Gasteiger partial charge in [-0.2, -0.15) is 5.26 Å². The van der Waals surface area contributed by atoms with E-state index in [0.29, 0.717) is 11.3 Å². The average molecular weight is 314 g/mol. The SMILES string of the molecule is N#C/C(=C\c1c(Cl)nc2sccn12)C(=O)c1ccccc1. The van der Waals surface area contributed by atoms with E-state index in [1.807, 2.05) is 17.5 Å². The molecule has 4 nitrogen and oxygen atoms in total. The van der Waals surface area contributed by atoms with Crippen molar-refractivity contribution in [3.05, 3.63) is 63.9 Å². The molecule has 0 saturated heterocycles. The topological polar surface area (TPSA) is 58.2 Å². The van der Waals surface area contributed by atoms with Gasteiger partial charge in [0.25, 0.3) is 0 Å². The van der Waals surface area contributed by atoms with Gasteiger partial charge >= 0.3 is 0 Å². The molecule has 0 aliphatic rings. The van der Waals surface area contributed by atoms with Gasteiger partial charge in [-0.25, -0.2) is 4.98 Å². The van der Waals surface area contributed by atoms with Crippen LogP contribution in [0, 0.1) is 11.3 Å². The Hall–Kier alpha value is -2.42. The molecule has 0 N–H and O–H groups in total. The second kappa shape index (κ2) is 5.52. The third-order valence-corrected chi connectivity index (χ3v) is 3.97. The van der Waals surface area contributed by atoms with Gasteiger partial charge in [0.2, 0.25) is 5.78 Å². The van der Waals surface area contributed by atoms with Crippen LogP contribution < -0.4 is 0 Å². The van der Waals surface area contributed by atoms with Gasteiger partial charge in [0, 0.05) is 17.1 Å². The van der Waals surface area contributed by atoms with E-state index in [1.165, 1.54) is 17.4 Å². The normalized spacial score (nSPS) is 11.5. The summed E-state index contributed by atoms with van der Waals surface area (Å²) in [7, 11) is 0. The van der Waals surface area contributed by atoms with E-state index in [1.54, 1.807) is 34.9 Å². The summed E-state index contributed by atoms with van der Waals surface area (Å²) >= 11 is 7.50. The maximum absolute atomic E-state index is 12.3. The van der Waals surface area contributed by atoms with E-state index in [0.717, 1.165) is 4.96 Å². The number of hydrogen-bond donors (Lipinski definition) is 0. The van der Waals surface area contributed by atoms with Crippen LogP contribution in [0.1, 0.15) is 16.1 Å². The molecule has 1 aromatic carbocycles. The molecule has 2 aromatic heterocycles. The molecule has 0 radical (unpaired) electrons. The van der Waals surface area contributed by atoms with Gasteiger partial charge in [0.15, 0.2) is 10.1 Å². The summed E-state index contributed by atoms with van der Waals surface area (Å²) in [5.41, 5.74) is 1.03. The molecular weight excluding hydrogens is 306 g/mol. The number of Topliss-reactive ketones (excluding diaryl/α,β-unsaturated/α-hetero) is 1. The van der Waals surface area contributed by atoms with Crippen LogP contribution in [0.5, 0.6) is 0 Å². The monoisotopic (exact) mass is 313 g/mol. The predicted molar refractivity (Wildman–Crippen MR) is 82.4 cm³/mol. The maximum Gasteiger partial charge on any atom is 0.203 e. The van der Waals surface area contributed by atoms with E-state index in [-0.39, 0.29) is 16.5 Å². The highest BCUT2D eigenvalue weighted by Gasteiger charge is 2.15. The highest BCUT2D eigenvalue weighted by atomic mass is 35.5. The van der Waals surface area contributed by atoms with E-state index in [9.17, 15) is 10.1 Å². The number of carbonyl (C=O) groups excluding carboxylic acids is 1. The first-order valence-corrected chi connectivity index (χ1v) is 7.29. The molecule has 6 heteroatoms. The van der Waals surface area contributed by atoms with Gasteiger partial charge in [0.05, 0.1) is 5.69 Å². The van der Waals surface area contributed by atoms with Crippen LogP contribution >= 0.6 is 22.9 Å². The molecule has 0 unspecified atom stereocenters. The number of carbonyl (C=O) groups is 1. The number of allylic oxidation sites excluding steroid dienone is 1. The zero-order chi connectivity index (χ0) is 14.8. The number of fused-ring (bicyclic) bond motifs is 1. The lowest BCUT2D eigenvalue weighted by Crippen LogP contribution is -2.02. The number of hydrogen-bond acceptors (Lipinski definition) is 4. The van der Waals surface area contributed by atoms with E-state index >= 15 is 0 Å². The lowest BCUT2D eigenvalue weighted by Gasteiger charge is -1.99. The number of imidazole rings is 1. The number of benzene rings is 1. The fourth-order valence-corrected chi connectivity index (χ4v) is 2.93. The standard InChI is InChI=1S/C15H8ClN3OS/c16-14-12(19-6-7-21-15(19)18-14)8-11(9-17)13(20)10-4-2-1-3-5-10/h1-8H/b11-8+. The molecule has 0 aliphatic carbocycles. The molecule has 102 valence electrons. The van der Waals surface area contributed by atoms with Gasteiger partial charge in [-0.3, -0.25) is 9.20 Å². The smallest absolute Gasteiger partial charge is 0.203 e. The minimum atomic E-state index is -0.334. The Morgan fingerprint density at radius 3 is 2.86 bits per heavy atom. The third kappa shape index (κ3) is 2.47. The Labute approximate surface area is 129 Å². The average Bonchev–Trinajstić information content (AvgIpc) is 3.06. The van der Waals surface area contributed by atoms with E-state index in [4.69, 9.17) is 11.6 Å². The number of aromatic nitrogens is 2. The second-order valence-corrected chi connectivity index (χ2v) is 5.44. The summed E-state index contributed by atoms with van der Waals surface area (Å²) in [5, 5.41) is 11.4. The van der Waals surface area contributed by atoms with Crippen LogP contribution in [0.3, 0.4) is 0 Å². The molecule has 0 amide bonds. The molecule has 0 atom stereocenters. The van der Waals surface area contributed by atoms with Crippen molar-refractivity contribution in [1.29, 1.82) is 5.26 Å². The minimum Gasteiger partial charge on any atom is -0.289 e. The van der Waals surface area contributed by atoms with Crippen LogP contribution in [0.15, 0.2) is 47.5 Å². The van der Waals surface area contributed by atoms with Crippen molar-refractivity contribution < 1.29 is 4.79 Å². The second-order valence-electron chi connectivity index (χ2n) is 4.21. The number of nitriles is 1. The van der Waals surface area contributed by atoms with Gasteiger partial charge in [-0.15, -0.1) is 11.3 Å². The lowest BCUT2D eigenvalue weighted by atomic mass is 10.0. The van der Waals surface area contributed by atoms with Gasteiger partial charge in [-0.1, -0.05) is 41.9 Å². The molecular formula is C15H8ClN3OS. The van der Waals surface area contributed by atoms with Crippen molar-refractivity contribution in [3.8, 4) is 6.07 Å². The molecule has 0 bridgehead atoms. The summed E-state index contributed by atoms with van der Waals surface area (Å²) in [6.45, 7) is 0. The minimum absolute atomic E-state index is 0.0242. The van der Waals surface area contributed by atoms with Crippen molar-refractivity contribution in [1.82, 2.24) is 9.38 Å². The van der Waals surface area contributed by atoms with Crippen LogP contribution in [-0.2, 0) is 0 Å².